The molecule has 9 heteroatoms. The average Bonchev–Trinajstić information content (AvgIpc) is 3.22. The molecule has 164 valence electrons. The lowest BCUT2D eigenvalue weighted by Crippen LogP contribution is -2.41. The largest absolute Gasteiger partial charge is 0.343 e. The number of sulfone groups is 1. The van der Waals surface area contributed by atoms with Gasteiger partial charge in [-0.1, -0.05) is 12.1 Å². The standard InChI is InChI=1S/C22H26N4O4S/c1-16(27)25-10-7-21(8-11-25)31(29,30)20-4-2-17(3-5-20)12-24-22(28)26-14-18-6-9-23-13-19(18)15-26/h2-6,9,13,21H,7-8,10-12,14-15H2,1H3,(H,24,28). The first-order valence-electron chi connectivity index (χ1n) is 10.4. The van der Waals surface area contributed by atoms with Gasteiger partial charge in [-0.2, -0.15) is 0 Å². The zero-order valence-electron chi connectivity index (χ0n) is 17.5. The van der Waals surface area contributed by atoms with Gasteiger partial charge in [-0.25, -0.2) is 13.2 Å². The molecule has 1 N–H and O–H groups in total. The van der Waals surface area contributed by atoms with E-state index in [4.69, 9.17) is 0 Å². The van der Waals surface area contributed by atoms with E-state index in [9.17, 15) is 18.0 Å². The van der Waals surface area contributed by atoms with Gasteiger partial charge < -0.3 is 15.1 Å². The molecule has 1 fully saturated rings. The van der Waals surface area contributed by atoms with Crippen LogP contribution >= 0.6 is 0 Å². The number of hydrogen-bond donors (Lipinski definition) is 1. The number of nitrogens with one attached hydrogen (secondary N) is 1. The highest BCUT2D eigenvalue weighted by Crippen LogP contribution is 2.25. The van der Waals surface area contributed by atoms with E-state index in [2.05, 4.69) is 10.3 Å². The molecule has 3 heterocycles. The van der Waals surface area contributed by atoms with Crippen molar-refractivity contribution in [1.29, 1.82) is 0 Å². The SMILES string of the molecule is CC(=O)N1CCC(S(=O)(=O)c2ccc(CNC(=O)N3Cc4ccncc4C3)cc2)CC1. The smallest absolute Gasteiger partial charge is 0.318 e. The van der Waals surface area contributed by atoms with Crippen molar-refractivity contribution in [2.24, 2.45) is 0 Å². The third kappa shape index (κ3) is 4.56. The van der Waals surface area contributed by atoms with E-state index in [1.54, 1.807) is 46.5 Å². The minimum atomic E-state index is -3.44. The second kappa shape index (κ2) is 8.66. The molecule has 8 nitrogen and oxygen atoms in total. The average molecular weight is 443 g/mol. The number of nitrogens with zero attached hydrogens (tertiary/aromatic N) is 3. The summed E-state index contributed by atoms with van der Waals surface area (Å²) >= 11 is 0. The maximum Gasteiger partial charge on any atom is 0.318 e. The van der Waals surface area contributed by atoms with Crippen LogP contribution in [0.25, 0.3) is 0 Å². The van der Waals surface area contributed by atoms with Crippen LogP contribution in [0.3, 0.4) is 0 Å². The molecule has 31 heavy (non-hydrogen) atoms. The summed E-state index contributed by atoms with van der Waals surface area (Å²) in [6, 6.07) is 8.44. The number of carbonyl (C=O) groups is 2. The van der Waals surface area contributed by atoms with Crippen LogP contribution < -0.4 is 5.32 Å². The third-order valence-corrected chi connectivity index (χ3v) is 8.31. The second-order valence-electron chi connectivity index (χ2n) is 8.05. The summed E-state index contributed by atoms with van der Waals surface area (Å²) in [7, 11) is -3.44. The predicted octanol–water partition coefficient (Wildman–Crippen LogP) is 2.09. The van der Waals surface area contributed by atoms with Gasteiger partial charge in [0, 0.05) is 52.0 Å². The van der Waals surface area contributed by atoms with E-state index in [-0.39, 0.29) is 16.8 Å². The van der Waals surface area contributed by atoms with E-state index >= 15 is 0 Å². The highest BCUT2D eigenvalue weighted by Gasteiger charge is 2.32. The molecule has 0 saturated carbocycles. The Hall–Kier alpha value is -2.94. The highest BCUT2D eigenvalue weighted by atomic mass is 32.2. The Bertz CT molecular complexity index is 1050. The summed E-state index contributed by atoms with van der Waals surface area (Å²) in [6.45, 7) is 3.87. The number of fused-ring (bicyclic) bond motifs is 1. The lowest BCUT2D eigenvalue weighted by atomic mass is 10.1. The number of aromatic nitrogens is 1. The van der Waals surface area contributed by atoms with E-state index in [0.29, 0.717) is 45.6 Å². The van der Waals surface area contributed by atoms with E-state index in [1.807, 2.05) is 6.07 Å². The van der Waals surface area contributed by atoms with Crippen LogP contribution in [0.2, 0.25) is 0 Å². The quantitative estimate of drug-likeness (QED) is 0.782. The fourth-order valence-corrected chi connectivity index (χ4v) is 5.86. The van der Waals surface area contributed by atoms with Crippen molar-refractivity contribution in [3.05, 3.63) is 59.4 Å². The monoisotopic (exact) mass is 442 g/mol. The molecule has 2 aliphatic heterocycles. The number of urea groups is 1. The van der Waals surface area contributed by atoms with Crippen molar-refractivity contribution < 1.29 is 18.0 Å². The van der Waals surface area contributed by atoms with Crippen LogP contribution in [0.4, 0.5) is 4.79 Å². The van der Waals surface area contributed by atoms with E-state index in [0.717, 1.165) is 16.7 Å². The maximum atomic E-state index is 12.9. The summed E-state index contributed by atoms with van der Waals surface area (Å²) in [5, 5.41) is 2.42. The number of piperidine rings is 1. The summed E-state index contributed by atoms with van der Waals surface area (Å²) in [5.74, 6) is -0.0169. The van der Waals surface area contributed by atoms with Crippen molar-refractivity contribution in [3.63, 3.8) is 0 Å². The lowest BCUT2D eigenvalue weighted by Gasteiger charge is -2.31. The Kier molecular flexibility index (Phi) is 5.95. The summed E-state index contributed by atoms with van der Waals surface area (Å²) in [5.41, 5.74) is 2.99. The zero-order valence-corrected chi connectivity index (χ0v) is 18.3. The molecule has 1 aromatic heterocycles. The number of likely N-dealkylation sites (tertiary alicyclic amines) is 1. The second-order valence-corrected chi connectivity index (χ2v) is 10.3. The molecule has 2 aliphatic rings. The van der Waals surface area contributed by atoms with Crippen LogP contribution in [0, 0.1) is 0 Å². The number of hydrogen-bond acceptors (Lipinski definition) is 5. The maximum absolute atomic E-state index is 12.9. The predicted molar refractivity (Wildman–Crippen MR) is 115 cm³/mol. The molecule has 0 radical (unpaired) electrons. The first kappa shape index (κ1) is 21.3. The van der Waals surface area contributed by atoms with Crippen molar-refractivity contribution >= 4 is 21.8 Å². The van der Waals surface area contributed by atoms with Crippen molar-refractivity contribution in [2.45, 2.75) is 49.5 Å². The molecule has 0 atom stereocenters. The molecule has 1 aromatic carbocycles. The van der Waals surface area contributed by atoms with Crippen molar-refractivity contribution in [3.8, 4) is 0 Å². The van der Waals surface area contributed by atoms with Gasteiger partial charge in [0.2, 0.25) is 5.91 Å². The number of rotatable bonds is 4. The molecule has 4 rings (SSSR count). The van der Waals surface area contributed by atoms with Gasteiger partial charge in [0.15, 0.2) is 9.84 Å². The molecular formula is C22H26N4O4S. The van der Waals surface area contributed by atoms with Gasteiger partial charge in [0.05, 0.1) is 10.1 Å². The molecule has 0 bridgehead atoms. The van der Waals surface area contributed by atoms with Crippen molar-refractivity contribution in [1.82, 2.24) is 20.1 Å². The number of carbonyl (C=O) groups excluding carboxylic acids is 2. The molecule has 2 aromatic rings. The Labute approximate surface area is 182 Å². The minimum Gasteiger partial charge on any atom is -0.343 e. The third-order valence-electron chi connectivity index (χ3n) is 6.04. The minimum absolute atomic E-state index is 0.0169. The zero-order chi connectivity index (χ0) is 22.0. The molecule has 1 saturated heterocycles. The first-order chi connectivity index (χ1) is 14.8. The normalized spacial score (nSPS) is 16.8. The summed E-state index contributed by atoms with van der Waals surface area (Å²) in [4.78, 5) is 31.7. The topological polar surface area (TPSA) is 99.7 Å². The Balaban J connectivity index is 1.32. The molecule has 0 aliphatic carbocycles. The molecule has 3 amide bonds. The molecule has 0 spiro atoms. The van der Waals surface area contributed by atoms with E-state index in [1.165, 1.54) is 6.92 Å². The summed E-state index contributed by atoms with van der Waals surface area (Å²) in [6.07, 6.45) is 4.41. The van der Waals surface area contributed by atoms with Crippen LogP contribution in [0.1, 0.15) is 36.5 Å². The van der Waals surface area contributed by atoms with Crippen LogP contribution in [-0.2, 0) is 34.3 Å². The molecule has 0 unspecified atom stereocenters. The first-order valence-corrected chi connectivity index (χ1v) is 11.9. The van der Waals surface area contributed by atoms with Crippen LogP contribution in [0.5, 0.6) is 0 Å². The molecular weight excluding hydrogens is 416 g/mol. The van der Waals surface area contributed by atoms with Gasteiger partial charge in [0.25, 0.3) is 0 Å². The van der Waals surface area contributed by atoms with Crippen molar-refractivity contribution in [2.75, 3.05) is 13.1 Å². The number of pyridine rings is 1. The Morgan fingerprint density at radius 2 is 1.71 bits per heavy atom. The number of amides is 3. The van der Waals surface area contributed by atoms with Crippen LogP contribution in [0.15, 0.2) is 47.6 Å². The van der Waals surface area contributed by atoms with Crippen LogP contribution in [-0.4, -0.2) is 53.5 Å². The van der Waals surface area contributed by atoms with E-state index < -0.39 is 15.1 Å². The van der Waals surface area contributed by atoms with Gasteiger partial charge >= 0.3 is 6.03 Å². The van der Waals surface area contributed by atoms with Gasteiger partial charge in [-0.15, -0.1) is 0 Å². The fraction of sp³-hybridized carbons (Fsp3) is 0.409. The Morgan fingerprint density at radius 1 is 1.03 bits per heavy atom. The Morgan fingerprint density at radius 3 is 2.35 bits per heavy atom. The summed E-state index contributed by atoms with van der Waals surface area (Å²) < 4.78 is 25.9. The van der Waals surface area contributed by atoms with Gasteiger partial charge in [-0.3, -0.25) is 9.78 Å². The highest BCUT2D eigenvalue weighted by molar-refractivity contribution is 7.92. The number of benzene rings is 1. The fourth-order valence-electron chi connectivity index (χ4n) is 4.12. The van der Waals surface area contributed by atoms with Gasteiger partial charge in [0.1, 0.15) is 0 Å². The lowest BCUT2D eigenvalue weighted by molar-refractivity contribution is -0.129. The van der Waals surface area contributed by atoms with Gasteiger partial charge in [-0.05, 0) is 47.7 Å².